The molecule has 0 bridgehead atoms. The Kier molecular flexibility index (Phi) is 15.4. The maximum absolute atomic E-state index is 14.1. The highest BCUT2D eigenvalue weighted by molar-refractivity contribution is 6.01. The first-order valence-electron chi connectivity index (χ1n) is 17.7. The molecule has 0 saturated carbocycles. The van der Waals surface area contributed by atoms with E-state index in [1.54, 1.807) is 6.07 Å². The molecule has 3 aromatic carbocycles. The molecule has 1 aliphatic carbocycles. The Hall–Kier alpha value is -3.93. The van der Waals surface area contributed by atoms with Crippen molar-refractivity contribution < 1.29 is 14.4 Å². The summed E-state index contributed by atoms with van der Waals surface area (Å²) in [4.78, 5) is 41.8. The molecule has 256 valence electrons. The van der Waals surface area contributed by atoms with Gasteiger partial charge in [0, 0.05) is 25.2 Å². The number of hydrogen-bond acceptors (Lipinski definition) is 3. The first-order valence-corrected chi connectivity index (χ1v) is 17.7. The number of aryl methyl sites for hydroxylation is 1. The molecule has 5 rings (SSSR count). The van der Waals surface area contributed by atoms with Crippen molar-refractivity contribution in [1.82, 2.24) is 15.5 Å². The van der Waals surface area contributed by atoms with E-state index in [2.05, 4.69) is 55.7 Å². The largest absolute Gasteiger partial charge is 0.355 e. The second-order valence-corrected chi connectivity index (χ2v) is 12.7. The van der Waals surface area contributed by atoms with E-state index < -0.39 is 11.5 Å². The van der Waals surface area contributed by atoms with Gasteiger partial charge in [-0.2, -0.15) is 0 Å². The van der Waals surface area contributed by atoms with Gasteiger partial charge in [0.1, 0.15) is 11.5 Å². The molecular formula is C41H59N3O3. The lowest BCUT2D eigenvalue weighted by molar-refractivity contribution is -0.129. The van der Waals surface area contributed by atoms with E-state index >= 15 is 0 Å². The van der Waals surface area contributed by atoms with Crippen LogP contribution in [0.25, 0.3) is 11.1 Å². The molecular weight excluding hydrogens is 582 g/mol. The zero-order valence-corrected chi connectivity index (χ0v) is 30.6. The Bertz CT molecular complexity index is 1410. The van der Waals surface area contributed by atoms with Crippen molar-refractivity contribution in [2.24, 2.45) is 5.41 Å². The van der Waals surface area contributed by atoms with Crippen molar-refractivity contribution in [2.75, 3.05) is 19.6 Å². The molecule has 1 heterocycles. The molecule has 1 aliphatic heterocycles. The van der Waals surface area contributed by atoms with E-state index in [0.717, 1.165) is 40.7 Å². The second kappa shape index (κ2) is 18.4. The predicted molar refractivity (Wildman–Crippen MR) is 197 cm³/mol. The molecule has 6 nitrogen and oxygen atoms in total. The molecule has 1 fully saturated rings. The monoisotopic (exact) mass is 641 g/mol. The van der Waals surface area contributed by atoms with Crippen LogP contribution >= 0.6 is 0 Å². The van der Waals surface area contributed by atoms with Gasteiger partial charge in [-0.15, -0.1) is 0 Å². The molecule has 6 heteroatoms. The van der Waals surface area contributed by atoms with Crippen LogP contribution in [0.15, 0.2) is 72.8 Å². The van der Waals surface area contributed by atoms with E-state index in [9.17, 15) is 14.4 Å². The number of carbonyl (C=O) groups excluding carboxylic acids is 3. The lowest BCUT2D eigenvalue weighted by atomic mass is 9.73. The van der Waals surface area contributed by atoms with Crippen molar-refractivity contribution in [3.63, 3.8) is 0 Å². The van der Waals surface area contributed by atoms with E-state index in [1.807, 2.05) is 95.8 Å². The summed E-state index contributed by atoms with van der Waals surface area (Å²) in [6, 6.07) is 23.4. The van der Waals surface area contributed by atoms with Crippen molar-refractivity contribution >= 4 is 17.7 Å². The number of amides is 3. The summed E-state index contributed by atoms with van der Waals surface area (Å²) in [7, 11) is 0. The number of nitrogens with one attached hydrogen (secondary N) is 2. The highest BCUT2D eigenvalue weighted by Crippen LogP contribution is 2.51. The van der Waals surface area contributed by atoms with Crippen molar-refractivity contribution in [1.29, 1.82) is 0 Å². The number of fused-ring (bicyclic) bond motifs is 3. The van der Waals surface area contributed by atoms with Crippen molar-refractivity contribution in [3.05, 3.63) is 95.1 Å². The van der Waals surface area contributed by atoms with Crippen molar-refractivity contribution in [3.8, 4) is 11.1 Å². The minimum absolute atomic E-state index is 0.0276. The van der Waals surface area contributed by atoms with Crippen molar-refractivity contribution in [2.45, 2.75) is 106 Å². The topological polar surface area (TPSA) is 78.5 Å². The molecule has 0 spiro atoms. The summed E-state index contributed by atoms with van der Waals surface area (Å²) in [5, 5.41) is 6.20. The number of carbonyl (C=O) groups is 3. The summed E-state index contributed by atoms with van der Waals surface area (Å²) in [5.41, 5.74) is 5.14. The van der Waals surface area contributed by atoms with Gasteiger partial charge in [-0.1, -0.05) is 129 Å². The van der Waals surface area contributed by atoms with E-state index in [4.69, 9.17) is 0 Å². The second-order valence-electron chi connectivity index (χ2n) is 12.7. The number of benzene rings is 3. The zero-order chi connectivity index (χ0) is 35.2. The van der Waals surface area contributed by atoms with E-state index in [1.165, 1.54) is 0 Å². The summed E-state index contributed by atoms with van der Waals surface area (Å²) in [6.45, 7) is 22.1. The van der Waals surface area contributed by atoms with Gasteiger partial charge in [-0.25, -0.2) is 0 Å². The Morgan fingerprint density at radius 1 is 0.830 bits per heavy atom. The molecule has 0 radical (unpaired) electrons. The normalized spacial score (nSPS) is 15.4. The maximum atomic E-state index is 14.1. The van der Waals surface area contributed by atoms with Gasteiger partial charge < -0.3 is 15.5 Å². The number of nitrogens with zero attached hydrogens (tertiary/aromatic N) is 1. The minimum Gasteiger partial charge on any atom is -0.355 e. The number of likely N-dealkylation sites (tertiary alicyclic amines) is 1. The Labute approximate surface area is 284 Å². The van der Waals surface area contributed by atoms with Gasteiger partial charge in [0.2, 0.25) is 11.8 Å². The fourth-order valence-electron chi connectivity index (χ4n) is 6.26. The molecule has 2 aliphatic rings. The van der Waals surface area contributed by atoms with E-state index in [-0.39, 0.29) is 23.1 Å². The fourth-order valence-corrected chi connectivity index (χ4v) is 6.26. The predicted octanol–water partition coefficient (Wildman–Crippen LogP) is 8.70. The summed E-state index contributed by atoms with van der Waals surface area (Å²) in [6.07, 6.45) is 2.83. The smallest absolute Gasteiger partial charge is 0.251 e. The molecule has 1 saturated heterocycles. The maximum Gasteiger partial charge on any atom is 0.251 e. The third kappa shape index (κ3) is 9.33. The van der Waals surface area contributed by atoms with Gasteiger partial charge in [0.05, 0.1) is 0 Å². The SMILES string of the molecule is CC.CC.CC.Cc1cccc(C(=O)NC2CCN(CCCCC3(C(=O)NCC(C)(C)C)c4ccccc4-c4ccccc43)C2=O)c1. The third-order valence-corrected chi connectivity index (χ3v) is 8.34. The van der Waals surface area contributed by atoms with Crippen LogP contribution in [-0.2, 0) is 15.0 Å². The van der Waals surface area contributed by atoms with Gasteiger partial charge >= 0.3 is 0 Å². The van der Waals surface area contributed by atoms with Crippen LogP contribution in [0.1, 0.15) is 115 Å². The molecule has 47 heavy (non-hydrogen) atoms. The highest BCUT2D eigenvalue weighted by Gasteiger charge is 2.48. The highest BCUT2D eigenvalue weighted by atomic mass is 16.2. The van der Waals surface area contributed by atoms with Crippen LogP contribution in [-0.4, -0.2) is 48.3 Å². The summed E-state index contributed by atoms with van der Waals surface area (Å²) in [5.74, 6) is -0.197. The van der Waals surface area contributed by atoms with E-state index in [0.29, 0.717) is 38.0 Å². The minimum atomic E-state index is -0.766. The van der Waals surface area contributed by atoms with Gasteiger partial charge in [0.15, 0.2) is 0 Å². The van der Waals surface area contributed by atoms with Gasteiger partial charge in [0.25, 0.3) is 5.91 Å². The molecule has 3 amide bonds. The Balaban J connectivity index is 0.00000121. The van der Waals surface area contributed by atoms with Crippen LogP contribution in [0.5, 0.6) is 0 Å². The lowest BCUT2D eigenvalue weighted by Gasteiger charge is -2.32. The summed E-state index contributed by atoms with van der Waals surface area (Å²) < 4.78 is 0. The van der Waals surface area contributed by atoms with Crippen LogP contribution in [0.2, 0.25) is 0 Å². The molecule has 3 aromatic rings. The first kappa shape index (κ1) is 39.2. The number of unbranched alkanes of at least 4 members (excludes halogenated alkanes) is 1. The van der Waals surface area contributed by atoms with Crippen LogP contribution in [0.4, 0.5) is 0 Å². The van der Waals surface area contributed by atoms with Crippen LogP contribution < -0.4 is 10.6 Å². The standard InChI is InChI=1S/C35H41N3O3.3C2H6/c1-24-12-11-13-25(22-24)31(39)37-30-18-21-38(32(30)40)20-10-9-19-35(33(41)36-23-34(2,3)4)28-16-7-5-14-26(28)27-15-6-8-17-29(27)35;3*1-2/h5-8,11-17,22,30H,9-10,18-21,23H2,1-4H3,(H,36,41)(H,37,39);3*1-2H3. The molecule has 2 N–H and O–H groups in total. The fraction of sp³-hybridized carbons (Fsp3) is 0.488. The van der Waals surface area contributed by atoms with Crippen LogP contribution in [0.3, 0.4) is 0 Å². The number of rotatable bonds is 9. The quantitative estimate of drug-likeness (QED) is 0.230. The Morgan fingerprint density at radius 3 is 1.96 bits per heavy atom. The van der Waals surface area contributed by atoms with Gasteiger partial charge in [-0.05, 0) is 72.4 Å². The number of hydrogen-bond donors (Lipinski definition) is 2. The molecule has 0 aromatic heterocycles. The molecule has 1 atom stereocenters. The Morgan fingerprint density at radius 2 is 1.40 bits per heavy atom. The first-order chi connectivity index (χ1) is 22.6. The molecule has 1 unspecified atom stereocenters. The van der Waals surface area contributed by atoms with Gasteiger partial charge in [-0.3, -0.25) is 14.4 Å². The average molecular weight is 642 g/mol. The summed E-state index contributed by atoms with van der Waals surface area (Å²) >= 11 is 0. The lowest BCUT2D eigenvalue weighted by Crippen LogP contribution is -2.46. The third-order valence-electron chi connectivity index (χ3n) is 8.34. The zero-order valence-electron chi connectivity index (χ0n) is 30.6. The van der Waals surface area contributed by atoms with Crippen LogP contribution in [0, 0.1) is 12.3 Å². The average Bonchev–Trinajstić information content (AvgIpc) is 3.59.